The highest BCUT2D eigenvalue weighted by Crippen LogP contribution is 2.43. The van der Waals surface area contributed by atoms with E-state index in [4.69, 9.17) is 0 Å². The minimum Gasteiger partial charge on any atom is -0.371 e. The van der Waals surface area contributed by atoms with E-state index in [9.17, 15) is 26.7 Å². The number of anilines is 1. The van der Waals surface area contributed by atoms with Crippen LogP contribution < -0.4 is 4.31 Å². The Morgan fingerprint density at radius 3 is 2.03 bits per heavy atom. The highest BCUT2D eigenvalue weighted by Gasteiger charge is 2.57. The molecule has 0 aliphatic rings. The number of nitrogens with zero attached hydrogens (tertiary/aromatic N) is 2. The molecule has 0 aliphatic carbocycles. The summed E-state index contributed by atoms with van der Waals surface area (Å²) in [7, 11) is -3.94. The maximum absolute atomic E-state index is 13.9. The maximum Gasteiger partial charge on any atom is 0.427 e. The van der Waals surface area contributed by atoms with E-state index in [-0.39, 0.29) is 23.0 Å². The van der Waals surface area contributed by atoms with Gasteiger partial charge in [-0.1, -0.05) is 50.2 Å². The van der Waals surface area contributed by atoms with Crippen LogP contribution in [0.3, 0.4) is 0 Å². The second kappa shape index (κ2) is 8.91. The normalized spacial score (nSPS) is 14.2. The molecule has 1 aromatic heterocycles. The molecule has 1 atom stereocenters. The quantitative estimate of drug-likeness (QED) is 0.549. The Bertz CT molecular complexity index is 1140. The molecule has 0 bridgehead atoms. The second-order valence-corrected chi connectivity index (χ2v) is 9.58. The van der Waals surface area contributed by atoms with Gasteiger partial charge in [-0.05, 0) is 47.9 Å². The number of benzene rings is 2. The minimum absolute atomic E-state index is 0.0474. The Morgan fingerprint density at radius 1 is 0.938 bits per heavy atom. The van der Waals surface area contributed by atoms with Crippen LogP contribution in [0.25, 0.3) is 0 Å². The molecule has 1 N–H and O–H groups in total. The third-order valence-electron chi connectivity index (χ3n) is 4.88. The fraction of sp³-hybridized carbons (Fsp3) is 0.261. The average molecular weight is 465 g/mol. The molecule has 0 spiro atoms. The van der Waals surface area contributed by atoms with Crippen LogP contribution in [0.4, 0.5) is 18.9 Å². The van der Waals surface area contributed by atoms with Gasteiger partial charge < -0.3 is 5.11 Å². The molecule has 2 aromatic carbocycles. The fourth-order valence-corrected chi connectivity index (χ4v) is 4.95. The zero-order chi connectivity index (χ0) is 23.6. The highest BCUT2D eigenvalue weighted by molar-refractivity contribution is 7.92. The molecule has 0 radical (unpaired) electrons. The third-order valence-corrected chi connectivity index (χ3v) is 6.69. The highest BCUT2D eigenvalue weighted by atomic mass is 32.2. The van der Waals surface area contributed by atoms with Crippen LogP contribution in [-0.4, -0.2) is 31.2 Å². The Labute approximate surface area is 185 Å². The standard InChI is InChI=1S/C23H23F3N2O3S/c1-17(2)16-28(32(30,31)20-8-4-3-5-9-20)19-13-11-18(12-14-19)22(29,23(24,25)26)21-10-6-7-15-27-21/h3-15,17,29H,16H2,1-2H3. The Hall–Kier alpha value is -2.91. The lowest BCUT2D eigenvalue weighted by Gasteiger charge is -2.31. The van der Waals surface area contributed by atoms with Gasteiger partial charge >= 0.3 is 6.18 Å². The summed E-state index contributed by atoms with van der Waals surface area (Å²) >= 11 is 0. The first-order chi connectivity index (χ1) is 15.0. The summed E-state index contributed by atoms with van der Waals surface area (Å²) in [5.74, 6) is -0.0474. The minimum atomic E-state index is -5.05. The number of hydrogen-bond acceptors (Lipinski definition) is 4. The van der Waals surface area contributed by atoms with Crippen molar-refractivity contribution in [2.75, 3.05) is 10.8 Å². The first-order valence-electron chi connectivity index (χ1n) is 9.87. The third kappa shape index (κ3) is 4.49. The molecule has 0 aliphatic heterocycles. The van der Waals surface area contributed by atoms with Crippen LogP contribution in [0.1, 0.15) is 25.1 Å². The lowest BCUT2D eigenvalue weighted by molar-refractivity contribution is -0.249. The molecule has 1 heterocycles. The van der Waals surface area contributed by atoms with Crippen molar-refractivity contribution in [2.24, 2.45) is 5.92 Å². The van der Waals surface area contributed by atoms with E-state index < -0.39 is 33.1 Å². The lowest BCUT2D eigenvalue weighted by Crippen LogP contribution is -2.44. The van der Waals surface area contributed by atoms with Gasteiger partial charge in [0, 0.05) is 12.7 Å². The molecule has 170 valence electrons. The van der Waals surface area contributed by atoms with Gasteiger partial charge in [0.05, 0.1) is 16.3 Å². The van der Waals surface area contributed by atoms with Gasteiger partial charge in [-0.2, -0.15) is 13.2 Å². The Morgan fingerprint density at radius 2 is 1.53 bits per heavy atom. The molecule has 32 heavy (non-hydrogen) atoms. The first-order valence-corrected chi connectivity index (χ1v) is 11.3. The van der Waals surface area contributed by atoms with E-state index in [0.29, 0.717) is 0 Å². The van der Waals surface area contributed by atoms with Gasteiger partial charge in [0.2, 0.25) is 5.60 Å². The fourth-order valence-electron chi connectivity index (χ4n) is 3.30. The van der Waals surface area contributed by atoms with Crippen molar-refractivity contribution in [1.29, 1.82) is 0 Å². The van der Waals surface area contributed by atoms with Crippen molar-refractivity contribution < 1.29 is 26.7 Å². The van der Waals surface area contributed by atoms with Gasteiger partial charge in [-0.15, -0.1) is 0 Å². The monoisotopic (exact) mass is 464 g/mol. The molecular weight excluding hydrogens is 441 g/mol. The van der Waals surface area contributed by atoms with Gasteiger partial charge in [0.1, 0.15) is 0 Å². The molecule has 0 saturated heterocycles. The van der Waals surface area contributed by atoms with Gasteiger partial charge in [-0.3, -0.25) is 9.29 Å². The first kappa shape index (κ1) is 23.7. The summed E-state index contributed by atoms with van der Waals surface area (Å²) < 4.78 is 69.4. The van der Waals surface area contributed by atoms with Crippen molar-refractivity contribution in [3.63, 3.8) is 0 Å². The largest absolute Gasteiger partial charge is 0.427 e. The van der Waals surface area contributed by atoms with Gasteiger partial charge in [0.15, 0.2) is 0 Å². The maximum atomic E-state index is 13.9. The average Bonchev–Trinajstić information content (AvgIpc) is 2.77. The van der Waals surface area contributed by atoms with Crippen molar-refractivity contribution in [3.05, 3.63) is 90.3 Å². The number of sulfonamides is 1. The molecule has 0 amide bonds. The van der Waals surface area contributed by atoms with Crippen LogP contribution in [0.2, 0.25) is 0 Å². The predicted octanol–water partition coefficient (Wildman–Crippen LogP) is 4.73. The Balaban J connectivity index is 2.08. The number of hydrogen-bond donors (Lipinski definition) is 1. The predicted molar refractivity (Wildman–Crippen MR) is 116 cm³/mol. The van der Waals surface area contributed by atoms with E-state index in [1.807, 2.05) is 13.8 Å². The van der Waals surface area contributed by atoms with Gasteiger partial charge in [0.25, 0.3) is 10.0 Å². The zero-order valence-electron chi connectivity index (χ0n) is 17.5. The van der Waals surface area contributed by atoms with Crippen molar-refractivity contribution >= 4 is 15.7 Å². The van der Waals surface area contributed by atoms with E-state index in [2.05, 4.69) is 4.98 Å². The smallest absolute Gasteiger partial charge is 0.371 e. The summed E-state index contributed by atoms with van der Waals surface area (Å²) in [6.07, 6.45) is -3.88. The molecule has 5 nitrogen and oxygen atoms in total. The summed E-state index contributed by atoms with van der Waals surface area (Å²) in [6.45, 7) is 3.80. The van der Waals surface area contributed by atoms with Crippen molar-refractivity contribution in [2.45, 2.75) is 30.5 Å². The van der Waals surface area contributed by atoms with Crippen molar-refractivity contribution in [3.8, 4) is 0 Å². The summed E-state index contributed by atoms with van der Waals surface area (Å²) in [5.41, 5.74) is -4.18. The second-order valence-electron chi connectivity index (χ2n) is 7.71. The van der Waals surface area contributed by atoms with E-state index in [1.165, 1.54) is 36.4 Å². The molecule has 3 aromatic rings. The number of halogens is 3. The molecular formula is C23H23F3N2O3S. The van der Waals surface area contributed by atoms with E-state index >= 15 is 0 Å². The molecule has 1 unspecified atom stereocenters. The van der Waals surface area contributed by atoms with Crippen LogP contribution in [0.15, 0.2) is 83.9 Å². The number of aliphatic hydroxyl groups is 1. The summed E-state index contributed by atoms with van der Waals surface area (Å²) in [5, 5.41) is 10.7. The van der Waals surface area contributed by atoms with Crippen LogP contribution >= 0.6 is 0 Å². The van der Waals surface area contributed by atoms with Crippen LogP contribution in [0, 0.1) is 5.92 Å². The molecule has 9 heteroatoms. The topological polar surface area (TPSA) is 70.5 Å². The van der Waals surface area contributed by atoms with Crippen molar-refractivity contribution in [1.82, 2.24) is 4.98 Å². The molecule has 3 rings (SSSR count). The van der Waals surface area contributed by atoms with E-state index in [1.54, 1.807) is 18.2 Å². The summed E-state index contributed by atoms with van der Waals surface area (Å²) in [6, 6.07) is 16.4. The van der Waals surface area contributed by atoms with Gasteiger partial charge in [-0.25, -0.2) is 8.42 Å². The summed E-state index contributed by atoms with van der Waals surface area (Å²) in [4.78, 5) is 3.77. The molecule has 0 saturated carbocycles. The van der Waals surface area contributed by atoms with E-state index in [0.717, 1.165) is 28.7 Å². The molecule has 0 fully saturated rings. The zero-order valence-corrected chi connectivity index (χ0v) is 18.3. The number of alkyl halides is 3. The van der Waals surface area contributed by atoms with Crippen LogP contribution in [-0.2, 0) is 15.6 Å². The SMILES string of the molecule is CC(C)CN(c1ccc(C(O)(c2ccccn2)C(F)(F)F)cc1)S(=O)(=O)c1ccccc1. The number of rotatable bonds is 7. The number of aromatic nitrogens is 1. The van der Waals surface area contributed by atoms with Crippen LogP contribution in [0.5, 0.6) is 0 Å². The lowest BCUT2D eigenvalue weighted by atomic mass is 9.89. The Kier molecular flexibility index (Phi) is 6.61. The number of pyridine rings is 1.